The molecular weight excluding hydrogens is 266 g/mol. The fourth-order valence-electron chi connectivity index (χ4n) is 3.08. The highest BCUT2D eigenvalue weighted by Gasteiger charge is 2.20. The van der Waals surface area contributed by atoms with Crippen molar-refractivity contribution in [2.24, 2.45) is 0 Å². The van der Waals surface area contributed by atoms with Crippen molar-refractivity contribution in [3.05, 3.63) is 29.3 Å². The number of benzene rings is 1. The Labute approximate surface area is 127 Å². The molecule has 0 spiro atoms. The molecular formula is C17H27NO3. The van der Waals surface area contributed by atoms with E-state index in [-0.39, 0.29) is 6.61 Å². The Kier molecular flexibility index (Phi) is 6.49. The van der Waals surface area contributed by atoms with Crippen molar-refractivity contribution in [2.75, 3.05) is 27.4 Å². The minimum absolute atomic E-state index is 0.251. The van der Waals surface area contributed by atoms with E-state index in [2.05, 4.69) is 17.0 Å². The zero-order valence-corrected chi connectivity index (χ0v) is 13.2. The van der Waals surface area contributed by atoms with Crippen LogP contribution in [0.3, 0.4) is 0 Å². The SMILES string of the molecule is COCc1cc(CN2CCCCCC2CO)ccc1OC. The van der Waals surface area contributed by atoms with Gasteiger partial charge >= 0.3 is 0 Å². The molecule has 4 heteroatoms. The standard InChI is InChI=1S/C17H27NO3/c1-20-13-15-10-14(7-8-17(15)21-2)11-18-9-5-3-4-6-16(18)12-19/h7-8,10,16,19H,3-6,9,11-13H2,1-2H3. The summed E-state index contributed by atoms with van der Waals surface area (Å²) in [7, 11) is 3.38. The Balaban J connectivity index is 2.11. The Bertz CT molecular complexity index is 436. The second-order valence-electron chi connectivity index (χ2n) is 5.74. The Morgan fingerprint density at radius 1 is 1.24 bits per heavy atom. The summed E-state index contributed by atoms with van der Waals surface area (Å²) in [6.45, 7) is 2.75. The van der Waals surface area contributed by atoms with Crippen LogP contribution in [0.1, 0.15) is 36.8 Å². The molecule has 1 aromatic rings. The minimum Gasteiger partial charge on any atom is -0.496 e. The van der Waals surface area contributed by atoms with Crippen LogP contribution in [-0.4, -0.2) is 43.4 Å². The van der Waals surface area contributed by atoms with Crippen LogP contribution in [0.25, 0.3) is 0 Å². The normalized spacial score (nSPS) is 20.2. The maximum absolute atomic E-state index is 9.60. The highest BCUT2D eigenvalue weighted by atomic mass is 16.5. The number of hydrogen-bond acceptors (Lipinski definition) is 4. The van der Waals surface area contributed by atoms with E-state index in [0.717, 1.165) is 30.8 Å². The lowest BCUT2D eigenvalue weighted by atomic mass is 10.1. The molecule has 1 fully saturated rings. The molecule has 1 heterocycles. The number of aliphatic hydroxyl groups excluding tert-OH is 1. The molecule has 118 valence electrons. The van der Waals surface area contributed by atoms with Crippen LogP contribution in [0, 0.1) is 0 Å². The minimum atomic E-state index is 0.251. The topological polar surface area (TPSA) is 41.9 Å². The molecule has 0 radical (unpaired) electrons. The molecule has 0 aromatic heterocycles. The highest BCUT2D eigenvalue weighted by Crippen LogP contribution is 2.24. The first-order valence-electron chi connectivity index (χ1n) is 7.78. The van der Waals surface area contributed by atoms with E-state index in [1.807, 2.05) is 6.07 Å². The molecule has 21 heavy (non-hydrogen) atoms. The molecule has 1 unspecified atom stereocenters. The number of ether oxygens (including phenoxy) is 2. The number of nitrogens with zero attached hydrogens (tertiary/aromatic N) is 1. The second kappa shape index (κ2) is 8.37. The molecule has 0 amide bonds. The van der Waals surface area contributed by atoms with Gasteiger partial charge in [0.1, 0.15) is 5.75 Å². The van der Waals surface area contributed by atoms with Crippen LogP contribution < -0.4 is 4.74 Å². The molecule has 1 aliphatic rings. The van der Waals surface area contributed by atoms with Crippen molar-refractivity contribution in [3.63, 3.8) is 0 Å². The van der Waals surface area contributed by atoms with Crippen LogP contribution >= 0.6 is 0 Å². The number of hydrogen-bond donors (Lipinski definition) is 1. The van der Waals surface area contributed by atoms with Gasteiger partial charge in [-0.1, -0.05) is 18.9 Å². The Hall–Kier alpha value is -1.10. The third-order valence-electron chi connectivity index (χ3n) is 4.24. The van der Waals surface area contributed by atoms with Crippen molar-refractivity contribution < 1.29 is 14.6 Å². The maximum Gasteiger partial charge on any atom is 0.124 e. The van der Waals surface area contributed by atoms with Crippen molar-refractivity contribution in [1.82, 2.24) is 4.90 Å². The molecule has 1 aromatic carbocycles. The van der Waals surface area contributed by atoms with E-state index in [1.54, 1.807) is 14.2 Å². The molecule has 1 saturated heterocycles. The van der Waals surface area contributed by atoms with Crippen molar-refractivity contribution in [1.29, 1.82) is 0 Å². The lowest BCUT2D eigenvalue weighted by Gasteiger charge is -2.28. The predicted octanol–water partition coefficient (Wildman–Crippen LogP) is 2.58. The first-order chi connectivity index (χ1) is 10.3. The number of rotatable bonds is 6. The highest BCUT2D eigenvalue weighted by molar-refractivity contribution is 5.37. The summed E-state index contributed by atoms with van der Waals surface area (Å²) in [5, 5.41) is 9.60. The monoisotopic (exact) mass is 293 g/mol. The summed E-state index contributed by atoms with van der Waals surface area (Å²) in [4.78, 5) is 2.41. The van der Waals surface area contributed by atoms with Gasteiger partial charge in [0, 0.05) is 25.3 Å². The summed E-state index contributed by atoms with van der Waals surface area (Å²) in [6, 6.07) is 6.56. The van der Waals surface area contributed by atoms with Gasteiger partial charge in [-0.15, -0.1) is 0 Å². The molecule has 1 atom stereocenters. The molecule has 1 aliphatic heterocycles. The molecule has 0 bridgehead atoms. The van der Waals surface area contributed by atoms with Crippen LogP contribution in [0.5, 0.6) is 5.75 Å². The van der Waals surface area contributed by atoms with Gasteiger partial charge in [-0.3, -0.25) is 4.90 Å². The third kappa shape index (κ3) is 4.43. The van der Waals surface area contributed by atoms with Crippen LogP contribution in [0.2, 0.25) is 0 Å². The van der Waals surface area contributed by atoms with Crippen molar-refractivity contribution in [3.8, 4) is 5.75 Å². The van der Waals surface area contributed by atoms with Gasteiger partial charge in [-0.25, -0.2) is 0 Å². The first kappa shape index (κ1) is 16.3. The van der Waals surface area contributed by atoms with E-state index >= 15 is 0 Å². The fourth-order valence-corrected chi connectivity index (χ4v) is 3.08. The van der Waals surface area contributed by atoms with Gasteiger partial charge in [0.25, 0.3) is 0 Å². The van der Waals surface area contributed by atoms with Crippen LogP contribution in [0.4, 0.5) is 0 Å². The lowest BCUT2D eigenvalue weighted by molar-refractivity contribution is 0.118. The van der Waals surface area contributed by atoms with Crippen LogP contribution in [0.15, 0.2) is 18.2 Å². The Morgan fingerprint density at radius 3 is 2.81 bits per heavy atom. The molecule has 4 nitrogen and oxygen atoms in total. The van der Waals surface area contributed by atoms with E-state index in [9.17, 15) is 5.11 Å². The van der Waals surface area contributed by atoms with E-state index in [4.69, 9.17) is 9.47 Å². The van der Waals surface area contributed by atoms with Gasteiger partial charge in [-0.05, 0) is 37.1 Å². The summed E-state index contributed by atoms with van der Waals surface area (Å²) < 4.78 is 10.6. The second-order valence-corrected chi connectivity index (χ2v) is 5.74. The van der Waals surface area contributed by atoms with E-state index < -0.39 is 0 Å². The van der Waals surface area contributed by atoms with Crippen molar-refractivity contribution >= 4 is 0 Å². The lowest BCUT2D eigenvalue weighted by Crippen LogP contribution is -2.36. The van der Waals surface area contributed by atoms with Crippen LogP contribution in [-0.2, 0) is 17.9 Å². The summed E-state index contributed by atoms with van der Waals surface area (Å²) in [6.07, 6.45) is 4.80. The zero-order chi connectivity index (χ0) is 15.1. The molecule has 0 saturated carbocycles. The van der Waals surface area contributed by atoms with E-state index in [0.29, 0.717) is 12.6 Å². The number of methoxy groups -OCH3 is 2. The smallest absolute Gasteiger partial charge is 0.124 e. The largest absolute Gasteiger partial charge is 0.496 e. The van der Waals surface area contributed by atoms with Gasteiger partial charge in [0.05, 0.1) is 20.3 Å². The van der Waals surface area contributed by atoms with Gasteiger partial charge in [-0.2, -0.15) is 0 Å². The average Bonchev–Trinajstić information content (AvgIpc) is 2.73. The number of likely N-dealkylation sites (tertiary alicyclic amines) is 1. The third-order valence-corrected chi connectivity index (χ3v) is 4.24. The summed E-state index contributed by atoms with van der Waals surface area (Å²) >= 11 is 0. The number of aliphatic hydroxyl groups is 1. The Morgan fingerprint density at radius 2 is 2.10 bits per heavy atom. The molecule has 2 rings (SSSR count). The van der Waals surface area contributed by atoms with Gasteiger partial charge in [0.15, 0.2) is 0 Å². The zero-order valence-electron chi connectivity index (χ0n) is 13.2. The van der Waals surface area contributed by atoms with Crippen molar-refractivity contribution in [2.45, 2.75) is 44.9 Å². The quantitative estimate of drug-likeness (QED) is 0.875. The van der Waals surface area contributed by atoms with Gasteiger partial charge in [0.2, 0.25) is 0 Å². The van der Waals surface area contributed by atoms with Gasteiger partial charge < -0.3 is 14.6 Å². The maximum atomic E-state index is 9.60. The first-order valence-corrected chi connectivity index (χ1v) is 7.78. The molecule has 0 aliphatic carbocycles. The summed E-state index contributed by atoms with van der Waals surface area (Å²) in [5.41, 5.74) is 2.33. The fraction of sp³-hybridized carbons (Fsp3) is 0.647. The average molecular weight is 293 g/mol. The predicted molar refractivity (Wildman–Crippen MR) is 83.5 cm³/mol. The summed E-state index contributed by atoms with van der Waals surface area (Å²) in [5.74, 6) is 0.871. The van der Waals surface area contributed by atoms with E-state index in [1.165, 1.54) is 24.8 Å². The molecule has 1 N–H and O–H groups in total.